The van der Waals surface area contributed by atoms with Crippen LogP contribution in [0, 0.1) is 11.8 Å². The van der Waals surface area contributed by atoms with Crippen molar-refractivity contribution >= 4 is 0 Å². The normalized spacial score (nSPS) is 33.4. The van der Waals surface area contributed by atoms with Gasteiger partial charge in [-0.25, -0.2) is 0 Å². The summed E-state index contributed by atoms with van der Waals surface area (Å²) in [4.78, 5) is 0. The molecule has 0 aromatic heterocycles. The molecule has 0 heteroatoms. The molecule has 1 aliphatic rings. The van der Waals surface area contributed by atoms with Gasteiger partial charge in [0.15, 0.2) is 0 Å². The molecule has 1 rings (SSSR count). The standard InChI is InChI=1S/C10H16/c1-5-10-6-7(2)8(3)9(10)4/h7,10H,3-6H2,1-2H3/t7-,10+/m0/s1. The molecule has 0 amide bonds. The summed E-state index contributed by atoms with van der Waals surface area (Å²) in [6, 6.07) is 0. The highest BCUT2D eigenvalue weighted by molar-refractivity contribution is 5.34. The maximum Gasteiger partial charge on any atom is -0.0162 e. The van der Waals surface area contributed by atoms with Gasteiger partial charge in [0.2, 0.25) is 0 Å². The molecule has 10 heavy (non-hydrogen) atoms. The van der Waals surface area contributed by atoms with Crippen LogP contribution >= 0.6 is 0 Å². The molecule has 1 aliphatic carbocycles. The summed E-state index contributed by atoms with van der Waals surface area (Å²) in [5.74, 6) is 1.40. The molecule has 0 radical (unpaired) electrons. The summed E-state index contributed by atoms with van der Waals surface area (Å²) in [7, 11) is 0. The molecular weight excluding hydrogens is 120 g/mol. The molecule has 0 N–H and O–H groups in total. The van der Waals surface area contributed by atoms with E-state index in [9.17, 15) is 0 Å². The van der Waals surface area contributed by atoms with Crippen molar-refractivity contribution in [3.8, 4) is 0 Å². The molecule has 1 fully saturated rings. The van der Waals surface area contributed by atoms with Crippen LogP contribution in [-0.2, 0) is 0 Å². The molecule has 0 aliphatic heterocycles. The Bertz CT molecular complexity index is 165. The molecule has 1 saturated carbocycles. The molecule has 0 aromatic carbocycles. The molecule has 0 saturated heterocycles. The lowest BCUT2D eigenvalue weighted by Gasteiger charge is -2.04. The van der Waals surface area contributed by atoms with Crippen LogP contribution in [0.25, 0.3) is 0 Å². The lowest BCUT2D eigenvalue weighted by Crippen LogP contribution is -1.92. The van der Waals surface area contributed by atoms with Crippen molar-refractivity contribution in [2.45, 2.75) is 26.7 Å². The maximum atomic E-state index is 4.04. The Kier molecular flexibility index (Phi) is 1.98. The van der Waals surface area contributed by atoms with Crippen LogP contribution in [0.5, 0.6) is 0 Å². The van der Waals surface area contributed by atoms with Gasteiger partial charge in [-0.3, -0.25) is 0 Å². The molecule has 0 heterocycles. The summed E-state index contributed by atoms with van der Waals surface area (Å²) in [5, 5.41) is 0. The highest BCUT2D eigenvalue weighted by Gasteiger charge is 2.26. The fourth-order valence-corrected chi connectivity index (χ4v) is 1.70. The third kappa shape index (κ3) is 1.03. The first-order valence-electron chi connectivity index (χ1n) is 4.04. The highest BCUT2D eigenvalue weighted by Crippen LogP contribution is 2.39. The zero-order valence-electron chi connectivity index (χ0n) is 6.98. The van der Waals surface area contributed by atoms with Gasteiger partial charge in [0.1, 0.15) is 0 Å². The van der Waals surface area contributed by atoms with E-state index < -0.39 is 0 Å². The van der Waals surface area contributed by atoms with Gasteiger partial charge in [0.25, 0.3) is 0 Å². The summed E-state index contributed by atoms with van der Waals surface area (Å²) in [5.41, 5.74) is 2.59. The van der Waals surface area contributed by atoms with E-state index in [1.54, 1.807) is 0 Å². The third-order valence-electron chi connectivity index (χ3n) is 2.63. The Morgan fingerprint density at radius 3 is 2.20 bits per heavy atom. The van der Waals surface area contributed by atoms with Gasteiger partial charge in [0.05, 0.1) is 0 Å². The zero-order valence-corrected chi connectivity index (χ0v) is 6.98. The Morgan fingerprint density at radius 2 is 2.00 bits per heavy atom. The van der Waals surface area contributed by atoms with Crippen LogP contribution < -0.4 is 0 Å². The van der Waals surface area contributed by atoms with Gasteiger partial charge in [-0.1, -0.05) is 27.0 Å². The predicted molar refractivity (Wildman–Crippen MR) is 45.8 cm³/mol. The van der Waals surface area contributed by atoms with Crippen molar-refractivity contribution in [3.63, 3.8) is 0 Å². The molecule has 0 nitrogen and oxygen atoms in total. The first kappa shape index (κ1) is 7.59. The molecule has 0 aromatic rings. The minimum Gasteiger partial charge on any atom is -0.0953 e. The lowest BCUT2D eigenvalue weighted by atomic mass is 10.0. The van der Waals surface area contributed by atoms with E-state index in [1.165, 1.54) is 24.0 Å². The fraction of sp³-hybridized carbons (Fsp3) is 0.600. The van der Waals surface area contributed by atoms with Crippen molar-refractivity contribution in [2.24, 2.45) is 11.8 Å². The minimum atomic E-state index is 0.678. The van der Waals surface area contributed by atoms with Gasteiger partial charge in [0, 0.05) is 0 Å². The second kappa shape index (κ2) is 2.61. The van der Waals surface area contributed by atoms with E-state index in [4.69, 9.17) is 0 Å². The SMILES string of the molecule is C=C1C(=C)[C@@H](C)C[C@H]1CC. The van der Waals surface area contributed by atoms with Crippen LogP contribution in [0.15, 0.2) is 24.3 Å². The quantitative estimate of drug-likeness (QED) is 0.519. The van der Waals surface area contributed by atoms with E-state index >= 15 is 0 Å². The van der Waals surface area contributed by atoms with E-state index in [0.29, 0.717) is 5.92 Å². The first-order valence-corrected chi connectivity index (χ1v) is 4.04. The Hall–Kier alpha value is -0.520. The lowest BCUT2D eigenvalue weighted by molar-refractivity contribution is 0.542. The zero-order chi connectivity index (χ0) is 7.72. The molecule has 56 valence electrons. The Labute approximate surface area is 63.6 Å². The van der Waals surface area contributed by atoms with Crippen molar-refractivity contribution < 1.29 is 0 Å². The van der Waals surface area contributed by atoms with Gasteiger partial charge >= 0.3 is 0 Å². The number of hydrogen-bond acceptors (Lipinski definition) is 0. The van der Waals surface area contributed by atoms with E-state index in [-0.39, 0.29) is 0 Å². The summed E-state index contributed by atoms with van der Waals surface area (Å²) in [6.07, 6.45) is 2.50. The minimum absolute atomic E-state index is 0.678. The Morgan fingerprint density at radius 1 is 1.40 bits per heavy atom. The fourth-order valence-electron chi connectivity index (χ4n) is 1.70. The summed E-state index contributed by atoms with van der Waals surface area (Å²) < 4.78 is 0. The highest BCUT2D eigenvalue weighted by atomic mass is 14.3. The van der Waals surface area contributed by atoms with Crippen LogP contribution in [0.1, 0.15) is 26.7 Å². The van der Waals surface area contributed by atoms with Crippen LogP contribution in [0.2, 0.25) is 0 Å². The first-order chi connectivity index (χ1) is 4.66. The molecular formula is C10H16. The average molecular weight is 136 g/mol. The van der Waals surface area contributed by atoms with Crippen LogP contribution in [0.3, 0.4) is 0 Å². The van der Waals surface area contributed by atoms with Crippen molar-refractivity contribution in [1.82, 2.24) is 0 Å². The van der Waals surface area contributed by atoms with Crippen LogP contribution in [0.4, 0.5) is 0 Å². The number of hydrogen-bond donors (Lipinski definition) is 0. The topological polar surface area (TPSA) is 0 Å². The van der Waals surface area contributed by atoms with Crippen molar-refractivity contribution in [2.75, 3.05) is 0 Å². The largest absolute Gasteiger partial charge is 0.0953 e. The van der Waals surface area contributed by atoms with Gasteiger partial charge in [-0.15, -0.1) is 0 Å². The average Bonchev–Trinajstić information content (AvgIpc) is 2.17. The second-order valence-electron chi connectivity index (χ2n) is 3.29. The molecule has 2 atom stereocenters. The monoisotopic (exact) mass is 136 g/mol. The second-order valence-corrected chi connectivity index (χ2v) is 3.29. The van der Waals surface area contributed by atoms with Gasteiger partial charge < -0.3 is 0 Å². The smallest absolute Gasteiger partial charge is 0.0162 e. The third-order valence-corrected chi connectivity index (χ3v) is 2.63. The van der Waals surface area contributed by atoms with E-state index in [2.05, 4.69) is 27.0 Å². The predicted octanol–water partition coefficient (Wildman–Crippen LogP) is 3.16. The maximum absolute atomic E-state index is 4.04. The molecule has 0 bridgehead atoms. The Balaban J connectivity index is 2.71. The van der Waals surface area contributed by atoms with Crippen molar-refractivity contribution in [3.05, 3.63) is 24.3 Å². The molecule has 0 unspecified atom stereocenters. The summed E-state index contributed by atoms with van der Waals surface area (Å²) >= 11 is 0. The van der Waals surface area contributed by atoms with Gasteiger partial charge in [-0.05, 0) is 35.8 Å². The summed E-state index contributed by atoms with van der Waals surface area (Å²) in [6.45, 7) is 12.5. The van der Waals surface area contributed by atoms with E-state index in [1.807, 2.05) is 0 Å². The van der Waals surface area contributed by atoms with Crippen molar-refractivity contribution in [1.29, 1.82) is 0 Å². The van der Waals surface area contributed by atoms with Gasteiger partial charge in [-0.2, -0.15) is 0 Å². The molecule has 0 spiro atoms. The van der Waals surface area contributed by atoms with E-state index in [0.717, 1.165) is 5.92 Å². The number of allylic oxidation sites excluding steroid dienone is 2. The number of rotatable bonds is 1. The van der Waals surface area contributed by atoms with Crippen LogP contribution in [-0.4, -0.2) is 0 Å².